The Morgan fingerprint density at radius 1 is 1.21 bits per heavy atom. The van der Waals surface area contributed by atoms with Gasteiger partial charge in [0.15, 0.2) is 5.60 Å². The second-order valence-corrected chi connectivity index (χ2v) is 10.7. The number of carbonyl (C=O) groups excluding carboxylic acids is 2. The molecule has 2 atom stereocenters. The van der Waals surface area contributed by atoms with Gasteiger partial charge >= 0.3 is 0 Å². The number of allylic oxidation sites excluding steroid dienone is 1. The van der Waals surface area contributed by atoms with Crippen molar-refractivity contribution in [3.05, 3.63) is 82.1 Å². The molecule has 2 N–H and O–H groups in total. The Bertz CT molecular complexity index is 1390. The molecule has 0 bridgehead atoms. The van der Waals surface area contributed by atoms with Crippen molar-refractivity contribution in [1.29, 1.82) is 0 Å². The molecule has 0 spiro atoms. The molecule has 9 nitrogen and oxygen atoms in total. The molecular weight excluding hydrogens is 550 g/mol. The SMILES string of the molecule is C[C@H](/C=C/CCn1cc(CCO)nn1)[C@@]1(O)C(=O)N(Cc2cccc(N3CCC3=O)c2)c2ccc(Br)cc21. The zero-order valence-corrected chi connectivity index (χ0v) is 22.7. The Labute approximate surface area is 229 Å². The molecule has 198 valence electrons. The minimum Gasteiger partial charge on any atom is -0.396 e. The lowest BCUT2D eigenvalue weighted by molar-refractivity contribution is -0.139. The van der Waals surface area contributed by atoms with Gasteiger partial charge in [-0.15, -0.1) is 5.10 Å². The van der Waals surface area contributed by atoms with Crippen LogP contribution in [0.25, 0.3) is 0 Å². The predicted molar refractivity (Wildman–Crippen MR) is 146 cm³/mol. The standard InChI is InChI=1S/C28H30BrN5O4/c1-19(5-2-3-12-32-18-22(11-14-35)30-31-32)28(38)24-16-21(29)8-9-25(24)34(27(28)37)17-20-6-4-7-23(15-20)33-13-10-26(33)36/h2,4-9,15-16,18-19,35,38H,3,10-14,17H2,1H3/b5-2+/t19-,28+/m1/s1. The summed E-state index contributed by atoms with van der Waals surface area (Å²) >= 11 is 3.49. The molecule has 0 aliphatic carbocycles. The van der Waals surface area contributed by atoms with Crippen molar-refractivity contribution in [2.24, 2.45) is 5.92 Å². The topological polar surface area (TPSA) is 112 Å². The maximum Gasteiger partial charge on any atom is 0.264 e. The summed E-state index contributed by atoms with van der Waals surface area (Å²) in [5, 5.41) is 29.0. The minimum atomic E-state index is -1.72. The van der Waals surface area contributed by atoms with Crippen LogP contribution < -0.4 is 9.80 Å². The Balaban J connectivity index is 1.34. The fourth-order valence-corrected chi connectivity index (χ4v) is 5.35. The molecule has 3 heterocycles. The fraction of sp³-hybridized carbons (Fsp3) is 0.357. The van der Waals surface area contributed by atoms with Crippen LogP contribution in [0.4, 0.5) is 11.4 Å². The summed E-state index contributed by atoms with van der Waals surface area (Å²) in [7, 11) is 0. The zero-order chi connectivity index (χ0) is 26.9. The predicted octanol–water partition coefficient (Wildman–Crippen LogP) is 3.33. The van der Waals surface area contributed by atoms with E-state index < -0.39 is 11.5 Å². The Hall–Kier alpha value is -3.34. The summed E-state index contributed by atoms with van der Waals surface area (Å²) in [6.45, 7) is 3.45. The second kappa shape index (κ2) is 10.8. The number of aliphatic hydroxyl groups excluding tert-OH is 1. The van der Waals surface area contributed by atoms with E-state index in [9.17, 15) is 14.7 Å². The van der Waals surface area contributed by atoms with E-state index >= 15 is 0 Å². The summed E-state index contributed by atoms with van der Waals surface area (Å²) in [4.78, 5) is 29.1. The highest BCUT2D eigenvalue weighted by atomic mass is 79.9. The normalized spacial score (nSPS) is 19.8. The summed E-state index contributed by atoms with van der Waals surface area (Å²) < 4.78 is 2.49. The zero-order valence-electron chi connectivity index (χ0n) is 21.1. The number of β-lactam (4-membered cyclic amide) rings is 1. The fourth-order valence-electron chi connectivity index (χ4n) is 4.99. The molecular formula is C28H30BrN5O4. The summed E-state index contributed by atoms with van der Waals surface area (Å²) in [6, 6.07) is 13.2. The molecule has 1 saturated heterocycles. The van der Waals surface area contributed by atoms with Gasteiger partial charge in [-0.25, -0.2) is 0 Å². The Kier molecular flexibility index (Phi) is 7.47. The molecule has 5 rings (SSSR count). The third-order valence-electron chi connectivity index (χ3n) is 7.21. The molecule has 2 aliphatic heterocycles. The quantitative estimate of drug-likeness (QED) is 0.281. The van der Waals surface area contributed by atoms with Crippen LogP contribution in [0.3, 0.4) is 0 Å². The number of amides is 2. The van der Waals surface area contributed by atoms with Crippen molar-refractivity contribution in [2.45, 2.75) is 44.9 Å². The van der Waals surface area contributed by atoms with Crippen molar-refractivity contribution in [2.75, 3.05) is 23.0 Å². The van der Waals surface area contributed by atoms with Crippen LogP contribution in [0.2, 0.25) is 0 Å². The van der Waals surface area contributed by atoms with Crippen LogP contribution >= 0.6 is 15.9 Å². The number of halogens is 1. The molecule has 10 heteroatoms. The van der Waals surface area contributed by atoms with E-state index in [-0.39, 0.29) is 25.0 Å². The number of hydrogen-bond donors (Lipinski definition) is 2. The van der Waals surface area contributed by atoms with E-state index in [2.05, 4.69) is 26.2 Å². The highest BCUT2D eigenvalue weighted by Crippen LogP contribution is 2.46. The minimum absolute atomic E-state index is 0.0287. The molecule has 2 amide bonds. The van der Waals surface area contributed by atoms with Crippen LogP contribution in [0, 0.1) is 5.92 Å². The Morgan fingerprint density at radius 3 is 2.79 bits per heavy atom. The smallest absolute Gasteiger partial charge is 0.264 e. The molecule has 38 heavy (non-hydrogen) atoms. The highest BCUT2D eigenvalue weighted by Gasteiger charge is 2.52. The van der Waals surface area contributed by atoms with Crippen molar-refractivity contribution >= 4 is 39.1 Å². The van der Waals surface area contributed by atoms with Gasteiger partial charge in [-0.3, -0.25) is 14.3 Å². The van der Waals surface area contributed by atoms with Gasteiger partial charge in [0.2, 0.25) is 5.91 Å². The molecule has 1 fully saturated rings. The lowest BCUT2D eigenvalue weighted by atomic mass is 9.83. The van der Waals surface area contributed by atoms with Crippen molar-refractivity contribution in [1.82, 2.24) is 15.0 Å². The maximum atomic E-state index is 13.8. The number of rotatable bonds is 10. The third-order valence-corrected chi connectivity index (χ3v) is 7.70. The number of aromatic nitrogens is 3. The number of aliphatic hydroxyl groups is 2. The van der Waals surface area contributed by atoms with E-state index in [1.54, 1.807) is 20.7 Å². The van der Waals surface area contributed by atoms with E-state index in [1.807, 2.05) is 61.5 Å². The van der Waals surface area contributed by atoms with Crippen LogP contribution in [-0.4, -0.2) is 50.2 Å². The average molecular weight is 580 g/mol. The number of fused-ring (bicyclic) bond motifs is 1. The Morgan fingerprint density at radius 2 is 2.05 bits per heavy atom. The first kappa shape index (κ1) is 26.3. The molecule has 0 unspecified atom stereocenters. The number of carbonyl (C=O) groups is 2. The maximum absolute atomic E-state index is 13.8. The number of nitrogens with zero attached hydrogens (tertiary/aromatic N) is 5. The van der Waals surface area contributed by atoms with E-state index in [0.29, 0.717) is 43.6 Å². The molecule has 3 aromatic rings. The molecule has 0 radical (unpaired) electrons. The van der Waals surface area contributed by atoms with Crippen molar-refractivity contribution in [3.63, 3.8) is 0 Å². The number of aryl methyl sites for hydroxylation is 1. The van der Waals surface area contributed by atoms with Crippen molar-refractivity contribution in [3.8, 4) is 0 Å². The van der Waals surface area contributed by atoms with Crippen LogP contribution in [0.1, 0.15) is 36.6 Å². The first-order valence-corrected chi connectivity index (χ1v) is 13.5. The monoisotopic (exact) mass is 579 g/mol. The van der Waals surface area contributed by atoms with E-state index in [0.717, 1.165) is 21.4 Å². The third kappa shape index (κ3) is 4.91. The molecule has 2 aromatic carbocycles. The summed E-state index contributed by atoms with van der Waals surface area (Å²) in [5.41, 5.74) is 1.95. The number of hydrogen-bond acceptors (Lipinski definition) is 6. The largest absolute Gasteiger partial charge is 0.396 e. The van der Waals surface area contributed by atoms with Gasteiger partial charge in [0.25, 0.3) is 5.91 Å². The first-order chi connectivity index (χ1) is 18.3. The van der Waals surface area contributed by atoms with Gasteiger partial charge in [0, 0.05) is 60.4 Å². The highest BCUT2D eigenvalue weighted by molar-refractivity contribution is 9.10. The van der Waals surface area contributed by atoms with Crippen LogP contribution in [-0.2, 0) is 34.7 Å². The van der Waals surface area contributed by atoms with Gasteiger partial charge in [-0.05, 0) is 42.3 Å². The second-order valence-electron chi connectivity index (χ2n) is 9.74. The van der Waals surface area contributed by atoms with Gasteiger partial charge in [-0.2, -0.15) is 0 Å². The van der Waals surface area contributed by atoms with E-state index in [4.69, 9.17) is 5.11 Å². The summed E-state index contributed by atoms with van der Waals surface area (Å²) in [5.74, 6) is -0.768. The first-order valence-electron chi connectivity index (χ1n) is 12.7. The van der Waals surface area contributed by atoms with Gasteiger partial charge in [0.1, 0.15) is 0 Å². The summed E-state index contributed by atoms with van der Waals surface area (Å²) in [6.07, 6.45) is 7.28. The van der Waals surface area contributed by atoms with Gasteiger partial charge in [-0.1, -0.05) is 52.4 Å². The van der Waals surface area contributed by atoms with Gasteiger partial charge < -0.3 is 20.0 Å². The molecule has 1 aromatic heterocycles. The van der Waals surface area contributed by atoms with Crippen molar-refractivity contribution < 1.29 is 19.8 Å². The average Bonchev–Trinajstić information content (AvgIpc) is 3.43. The van der Waals surface area contributed by atoms with E-state index in [1.165, 1.54) is 0 Å². The molecule has 0 saturated carbocycles. The van der Waals surface area contributed by atoms with Gasteiger partial charge in [0.05, 0.1) is 17.9 Å². The number of benzene rings is 2. The number of anilines is 2. The lowest BCUT2D eigenvalue weighted by Crippen LogP contribution is -2.44. The van der Waals surface area contributed by atoms with Crippen LogP contribution in [0.5, 0.6) is 0 Å². The lowest BCUT2D eigenvalue weighted by Gasteiger charge is -2.31. The molecule has 2 aliphatic rings. The van der Waals surface area contributed by atoms with Crippen LogP contribution in [0.15, 0.2) is 65.3 Å².